The Morgan fingerprint density at radius 3 is 1.91 bits per heavy atom. The summed E-state index contributed by atoms with van der Waals surface area (Å²) < 4.78 is 15.5. The molecule has 64 heavy (non-hydrogen) atoms. The van der Waals surface area contributed by atoms with Crippen molar-refractivity contribution in [3.63, 3.8) is 0 Å². The summed E-state index contributed by atoms with van der Waals surface area (Å²) >= 11 is 0. The first-order valence-electron chi connectivity index (χ1n) is 23.5. The third-order valence-corrected chi connectivity index (χ3v) is 13.0. The summed E-state index contributed by atoms with van der Waals surface area (Å²) in [5.74, 6) is -0.783. The minimum absolute atomic E-state index is 0.0921. The molecule has 0 bridgehead atoms. The molecular weight excluding hydrogens is 813 g/mol. The molecule has 2 aromatic carbocycles. The number of ether oxygens (including phenoxy) is 3. The number of methoxy groups -OCH3 is 2. The molecule has 0 unspecified atom stereocenters. The van der Waals surface area contributed by atoms with Gasteiger partial charge < -0.3 is 29.0 Å². The summed E-state index contributed by atoms with van der Waals surface area (Å²) in [7, 11) is 2.77. The molecule has 356 valence electrons. The highest BCUT2D eigenvalue weighted by Crippen LogP contribution is 2.37. The van der Waals surface area contributed by atoms with Crippen molar-refractivity contribution in [2.24, 2.45) is 23.7 Å². The fourth-order valence-electron chi connectivity index (χ4n) is 9.85. The molecule has 13 heteroatoms. The maximum absolute atomic E-state index is 13.4. The largest absolute Gasteiger partial charge is 0.548 e. The number of hydrogen-bond acceptors (Lipinski definition) is 11. The molecule has 0 saturated carbocycles. The lowest BCUT2D eigenvalue weighted by atomic mass is 9.90. The summed E-state index contributed by atoms with van der Waals surface area (Å²) in [4.78, 5) is 70.9. The quantitative estimate of drug-likeness (QED) is 0.123. The molecule has 3 saturated heterocycles. The Bertz CT molecular complexity index is 1800. The second kappa shape index (κ2) is 24.2. The first-order chi connectivity index (χ1) is 30.3. The van der Waals surface area contributed by atoms with Gasteiger partial charge in [0.15, 0.2) is 0 Å². The Labute approximate surface area is 383 Å². The number of hydrogen-bond donors (Lipinski definition) is 0. The van der Waals surface area contributed by atoms with Crippen molar-refractivity contribution in [1.29, 1.82) is 0 Å². The maximum atomic E-state index is 13.4. The average Bonchev–Trinajstić information content (AvgIpc) is 3.77. The van der Waals surface area contributed by atoms with Crippen molar-refractivity contribution in [2.45, 2.75) is 162 Å². The number of carbonyl (C=O) groups is 5. The van der Waals surface area contributed by atoms with Gasteiger partial charge in [-0.3, -0.25) is 24.3 Å². The molecular formula is C51H77N4O9-. The highest BCUT2D eigenvalue weighted by Gasteiger charge is 2.47. The topological polar surface area (TPSA) is 149 Å². The lowest BCUT2D eigenvalue weighted by molar-refractivity contribution is -0.312. The molecule has 0 N–H and O–H groups in total. The van der Waals surface area contributed by atoms with Crippen LogP contribution in [0.5, 0.6) is 0 Å². The zero-order valence-corrected chi connectivity index (χ0v) is 40.5. The van der Waals surface area contributed by atoms with Crippen LogP contribution in [0.4, 0.5) is 4.79 Å². The van der Waals surface area contributed by atoms with Gasteiger partial charge in [0.05, 0.1) is 50.9 Å². The van der Waals surface area contributed by atoms with Crippen molar-refractivity contribution in [2.75, 3.05) is 34.0 Å². The molecule has 8 atom stereocenters. The summed E-state index contributed by atoms with van der Waals surface area (Å²) in [6.07, 6.45) is 6.38. The smallest absolute Gasteiger partial charge is 0.411 e. The monoisotopic (exact) mass is 890 g/mol. The number of nitrogens with zero attached hydrogens (tertiary/aromatic N) is 4. The first kappa shape index (κ1) is 52.1. The molecule has 2 aromatic rings. The Morgan fingerprint density at radius 1 is 0.781 bits per heavy atom. The average molecular weight is 890 g/mol. The Morgan fingerprint density at radius 2 is 1.38 bits per heavy atom. The van der Waals surface area contributed by atoms with Crippen LogP contribution in [0.1, 0.15) is 118 Å². The number of carbonyl (C=O) groups excluding carboxylic acids is 5. The fraction of sp³-hybridized carbons (Fsp3) is 0.667. The van der Waals surface area contributed by atoms with E-state index in [4.69, 9.17) is 14.2 Å². The molecule has 0 aromatic heterocycles. The van der Waals surface area contributed by atoms with Gasteiger partial charge in [-0.05, 0) is 114 Å². The van der Waals surface area contributed by atoms with Crippen LogP contribution < -0.4 is 5.11 Å². The molecule has 3 fully saturated rings. The number of aliphatic carboxylic acids is 1. The van der Waals surface area contributed by atoms with Gasteiger partial charge in [-0.1, -0.05) is 102 Å². The molecule has 3 aliphatic rings. The van der Waals surface area contributed by atoms with E-state index >= 15 is 0 Å². The molecule has 2 amide bonds. The Hall–Kier alpha value is -4.49. The molecule has 3 aliphatic heterocycles. The third kappa shape index (κ3) is 14.5. The zero-order valence-electron chi connectivity index (χ0n) is 40.5. The second-order valence-electron chi connectivity index (χ2n) is 20.0. The van der Waals surface area contributed by atoms with Crippen LogP contribution >= 0.6 is 0 Å². The second-order valence-corrected chi connectivity index (χ2v) is 20.0. The Balaban J connectivity index is 0.000000289. The Kier molecular flexibility index (Phi) is 19.7. The molecule has 0 spiro atoms. The van der Waals surface area contributed by atoms with Crippen molar-refractivity contribution in [3.05, 3.63) is 71.8 Å². The van der Waals surface area contributed by atoms with Gasteiger partial charge in [0.25, 0.3) is 0 Å². The van der Waals surface area contributed by atoms with E-state index in [-0.39, 0.29) is 54.5 Å². The number of carboxylic acid groups (broad SMARTS) is 1. The number of esters is 2. The van der Waals surface area contributed by atoms with Gasteiger partial charge in [-0.2, -0.15) is 0 Å². The summed E-state index contributed by atoms with van der Waals surface area (Å²) in [5, 5.41) is 12.3. The summed E-state index contributed by atoms with van der Waals surface area (Å²) in [5.41, 5.74) is 1.74. The predicted octanol–water partition coefficient (Wildman–Crippen LogP) is 6.75. The van der Waals surface area contributed by atoms with Crippen LogP contribution in [0.2, 0.25) is 0 Å². The number of benzene rings is 2. The molecule has 3 heterocycles. The SMILES string of the molecule is COC(=O)[C@H](C)CCC[C@@H]1[C@@H](Cc2ccccc2)N(C(=O)OC(C)(C)C)CN1[C@@H](CC(C)C)C(=O)[O-].COC(=O)[C@H](C)N1CC[C@@H]2[C@H](Cc3ccccc3)CCN2[C@@H](CC(C)C)C1=O. The van der Waals surface area contributed by atoms with Crippen molar-refractivity contribution < 1.29 is 43.3 Å². The summed E-state index contributed by atoms with van der Waals surface area (Å²) in [6.45, 7) is 19.1. The molecule has 5 rings (SSSR count). The van der Waals surface area contributed by atoms with Gasteiger partial charge in [0.2, 0.25) is 5.91 Å². The van der Waals surface area contributed by atoms with Crippen LogP contribution in [-0.4, -0.2) is 125 Å². The first-order valence-corrected chi connectivity index (χ1v) is 23.5. The van der Waals surface area contributed by atoms with Crippen LogP contribution in [0.3, 0.4) is 0 Å². The molecule has 13 nitrogen and oxygen atoms in total. The van der Waals surface area contributed by atoms with Gasteiger partial charge in [-0.25, -0.2) is 9.59 Å². The fourth-order valence-corrected chi connectivity index (χ4v) is 9.85. The van der Waals surface area contributed by atoms with E-state index in [0.29, 0.717) is 56.5 Å². The van der Waals surface area contributed by atoms with Crippen molar-refractivity contribution in [3.8, 4) is 0 Å². The lowest BCUT2D eigenvalue weighted by Crippen LogP contribution is -2.52. The number of amides is 2. The van der Waals surface area contributed by atoms with Crippen molar-refractivity contribution >= 4 is 29.9 Å². The van der Waals surface area contributed by atoms with E-state index in [1.807, 2.05) is 76.8 Å². The van der Waals surface area contributed by atoms with E-state index < -0.39 is 29.7 Å². The predicted molar refractivity (Wildman–Crippen MR) is 246 cm³/mol. The van der Waals surface area contributed by atoms with Crippen LogP contribution in [0.15, 0.2) is 60.7 Å². The van der Waals surface area contributed by atoms with Crippen molar-refractivity contribution in [1.82, 2.24) is 19.6 Å². The van der Waals surface area contributed by atoms with E-state index in [2.05, 4.69) is 49.1 Å². The van der Waals surface area contributed by atoms with Gasteiger partial charge in [0.1, 0.15) is 11.6 Å². The van der Waals surface area contributed by atoms with Gasteiger partial charge >= 0.3 is 18.0 Å². The number of fused-ring (bicyclic) bond motifs is 1. The highest BCUT2D eigenvalue weighted by atomic mass is 16.6. The number of rotatable bonds is 17. The van der Waals surface area contributed by atoms with Crippen LogP contribution in [0.25, 0.3) is 0 Å². The van der Waals surface area contributed by atoms with E-state index in [1.165, 1.54) is 19.8 Å². The van der Waals surface area contributed by atoms with Crippen LogP contribution in [-0.2, 0) is 46.2 Å². The van der Waals surface area contributed by atoms with Gasteiger partial charge in [-0.15, -0.1) is 0 Å². The normalized spacial score (nSPS) is 23.1. The summed E-state index contributed by atoms with van der Waals surface area (Å²) in [6, 6.07) is 18.9. The minimum Gasteiger partial charge on any atom is -0.548 e. The van der Waals surface area contributed by atoms with Gasteiger partial charge in [0, 0.05) is 18.6 Å². The minimum atomic E-state index is -1.14. The third-order valence-electron chi connectivity index (χ3n) is 13.0. The maximum Gasteiger partial charge on any atom is 0.411 e. The number of carboxylic acids is 1. The van der Waals surface area contributed by atoms with Crippen LogP contribution in [0, 0.1) is 23.7 Å². The highest BCUT2D eigenvalue weighted by molar-refractivity contribution is 5.87. The molecule has 0 radical (unpaired) electrons. The zero-order chi connectivity index (χ0) is 47.3. The molecule has 0 aliphatic carbocycles. The lowest BCUT2D eigenvalue weighted by Gasteiger charge is -2.35. The van der Waals surface area contributed by atoms with E-state index in [0.717, 1.165) is 37.8 Å². The van der Waals surface area contributed by atoms with E-state index in [1.54, 1.807) is 16.7 Å². The standard InChI is InChI=1S/C28H44N2O6.C23H34N2O3/c1-19(2)16-24(25(31)32)29-18-30(27(34)36-28(4,5)6)23(17-21-13-9-8-10-14-21)22(29)15-11-12-20(3)26(33)35-7;1-16(2)14-21-22(26)24(17(3)23(27)28-4)13-11-20-19(10-12-25(20)21)15-18-8-6-5-7-9-18/h8-10,13-14,19-20,22-24H,11-12,15-18H2,1-7H3,(H,31,32);5-9,16-17,19-21H,10-15H2,1-4H3/p-1/t20-,22-,23-,24+;17-,19-,20+,21-/m10/s1. The van der Waals surface area contributed by atoms with E-state index in [9.17, 15) is 29.1 Å².